The summed E-state index contributed by atoms with van der Waals surface area (Å²) < 4.78 is 0.739. The molecule has 0 saturated heterocycles. The molecule has 0 bridgehead atoms. The summed E-state index contributed by atoms with van der Waals surface area (Å²) in [6, 6.07) is 5.59. The van der Waals surface area contributed by atoms with Gasteiger partial charge in [-0.3, -0.25) is 4.79 Å². The van der Waals surface area contributed by atoms with E-state index in [-0.39, 0.29) is 11.7 Å². The molecule has 1 aromatic rings. The molecule has 1 aliphatic carbocycles. The van der Waals surface area contributed by atoms with E-state index in [9.17, 15) is 4.79 Å². The van der Waals surface area contributed by atoms with E-state index in [1.807, 2.05) is 18.2 Å². The van der Waals surface area contributed by atoms with Crippen LogP contribution in [0, 0.1) is 23.7 Å². The number of aromatic nitrogens is 1. The van der Waals surface area contributed by atoms with E-state index in [0.29, 0.717) is 23.4 Å². The van der Waals surface area contributed by atoms with Crippen LogP contribution in [0.3, 0.4) is 0 Å². The van der Waals surface area contributed by atoms with Gasteiger partial charge in [0, 0.05) is 5.92 Å². The number of hydrogen-bond donors (Lipinski definition) is 0. The van der Waals surface area contributed by atoms with Crippen molar-refractivity contribution in [3.63, 3.8) is 0 Å². The van der Waals surface area contributed by atoms with E-state index in [1.54, 1.807) is 0 Å². The van der Waals surface area contributed by atoms with Crippen LogP contribution in [0.4, 0.5) is 0 Å². The van der Waals surface area contributed by atoms with Gasteiger partial charge in [-0.2, -0.15) is 0 Å². The molecule has 1 aromatic heterocycles. The number of pyridine rings is 1. The Bertz CT molecular complexity index is 458. The minimum absolute atomic E-state index is 0.144. The number of carbonyl (C=O) groups excluding carboxylic acids is 1. The molecule has 1 aliphatic rings. The molecule has 0 aliphatic heterocycles. The van der Waals surface area contributed by atoms with Gasteiger partial charge in [0.15, 0.2) is 5.78 Å². The summed E-state index contributed by atoms with van der Waals surface area (Å²) in [5, 5.41) is 0. The Morgan fingerprint density at radius 2 is 2.11 bits per heavy atom. The zero-order valence-corrected chi connectivity index (χ0v) is 13.5. The molecule has 1 fully saturated rings. The van der Waals surface area contributed by atoms with Gasteiger partial charge in [-0.15, -0.1) is 0 Å². The molecular formula is C16H22BrNO. The highest BCUT2D eigenvalue weighted by atomic mass is 79.9. The first-order valence-corrected chi connectivity index (χ1v) is 7.95. The van der Waals surface area contributed by atoms with Crippen molar-refractivity contribution in [3.8, 4) is 0 Å². The van der Waals surface area contributed by atoms with Crippen molar-refractivity contribution < 1.29 is 4.79 Å². The third-order valence-electron chi connectivity index (χ3n) is 4.33. The maximum Gasteiger partial charge on any atom is 0.184 e. The number of rotatable bonds is 3. The number of halogens is 1. The summed E-state index contributed by atoms with van der Waals surface area (Å²) in [6.45, 7) is 6.72. The molecule has 19 heavy (non-hydrogen) atoms. The third kappa shape index (κ3) is 3.44. The summed E-state index contributed by atoms with van der Waals surface area (Å²) in [5.74, 6) is 2.09. The molecule has 1 heterocycles. The normalized spacial score (nSPS) is 27.5. The van der Waals surface area contributed by atoms with Crippen LogP contribution >= 0.6 is 15.9 Å². The van der Waals surface area contributed by atoms with E-state index in [0.717, 1.165) is 11.0 Å². The maximum atomic E-state index is 12.7. The quantitative estimate of drug-likeness (QED) is 0.594. The number of hydrogen-bond acceptors (Lipinski definition) is 2. The average Bonchev–Trinajstić information content (AvgIpc) is 2.37. The fraction of sp³-hybridized carbons (Fsp3) is 0.625. The van der Waals surface area contributed by atoms with Gasteiger partial charge in [0.1, 0.15) is 10.3 Å². The highest BCUT2D eigenvalue weighted by Crippen LogP contribution is 2.39. The topological polar surface area (TPSA) is 30.0 Å². The molecule has 1 saturated carbocycles. The van der Waals surface area contributed by atoms with Crippen LogP contribution in [-0.2, 0) is 0 Å². The standard InChI is InChI=1S/C16H22BrNO/c1-10(2)12-8-7-11(3)9-13(12)16(19)14-5-4-6-15(17)18-14/h4-6,10-13H,7-9H2,1-3H3/t11-,12+,13+/m1/s1. The van der Waals surface area contributed by atoms with Crippen molar-refractivity contribution in [1.82, 2.24) is 4.98 Å². The fourth-order valence-electron chi connectivity index (χ4n) is 3.24. The predicted molar refractivity (Wildman–Crippen MR) is 81.1 cm³/mol. The van der Waals surface area contributed by atoms with Crippen LogP contribution in [-0.4, -0.2) is 10.8 Å². The Labute approximate surface area is 124 Å². The smallest absolute Gasteiger partial charge is 0.184 e. The first-order chi connectivity index (χ1) is 8.99. The summed E-state index contributed by atoms with van der Waals surface area (Å²) >= 11 is 3.35. The Hall–Kier alpha value is -0.700. The first kappa shape index (κ1) is 14.7. The summed E-state index contributed by atoms with van der Waals surface area (Å²) in [6.07, 6.45) is 3.43. The van der Waals surface area contributed by atoms with Crippen molar-refractivity contribution >= 4 is 21.7 Å². The molecule has 104 valence electrons. The van der Waals surface area contributed by atoms with Crippen molar-refractivity contribution in [2.24, 2.45) is 23.7 Å². The van der Waals surface area contributed by atoms with E-state index >= 15 is 0 Å². The highest BCUT2D eigenvalue weighted by Gasteiger charge is 2.36. The summed E-state index contributed by atoms with van der Waals surface area (Å²) in [4.78, 5) is 17.1. The molecular weight excluding hydrogens is 302 g/mol. The van der Waals surface area contributed by atoms with Crippen molar-refractivity contribution in [2.45, 2.75) is 40.0 Å². The molecule has 3 heteroatoms. The zero-order chi connectivity index (χ0) is 14.0. The predicted octanol–water partition coefficient (Wildman–Crippen LogP) is 4.74. The average molecular weight is 324 g/mol. The largest absolute Gasteiger partial charge is 0.292 e. The fourth-order valence-corrected chi connectivity index (χ4v) is 3.58. The van der Waals surface area contributed by atoms with Gasteiger partial charge in [0.05, 0.1) is 0 Å². The third-order valence-corrected chi connectivity index (χ3v) is 4.77. The van der Waals surface area contributed by atoms with Crippen molar-refractivity contribution in [3.05, 3.63) is 28.5 Å². The molecule has 0 spiro atoms. The van der Waals surface area contributed by atoms with Gasteiger partial charge in [-0.25, -0.2) is 4.98 Å². The molecule has 2 rings (SSSR count). The van der Waals surface area contributed by atoms with Gasteiger partial charge in [-0.05, 0) is 58.7 Å². The summed E-state index contributed by atoms with van der Waals surface area (Å²) in [7, 11) is 0. The van der Waals surface area contributed by atoms with E-state index in [2.05, 4.69) is 41.7 Å². The van der Waals surface area contributed by atoms with Gasteiger partial charge in [-0.1, -0.05) is 33.3 Å². The molecule has 0 amide bonds. The summed E-state index contributed by atoms with van der Waals surface area (Å²) in [5.41, 5.74) is 0.610. The van der Waals surface area contributed by atoms with E-state index < -0.39 is 0 Å². The van der Waals surface area contributed by atoms with Crippen molar-refractivity contribution in [1.29, 1.82) is 0 Å². The molecule has 0 aromatic carbocycles. The lowest BCUT2D eigenvalue weighted by Crippen LogP contribution is -2.33. The number of nitrogens with zero attached hydrogens (tertiary/aromatic N) is 1. The van der Waals surface area contributed by atoms with Crippen LogP contribution in [0.2, 0.25) is 0 Å². The minimum atomic E-state index is 0.144. The van der Waals surface area contributed by atoms with Crippen molar-refractivity contribution in [2.75, 3.05) is 0 Å². The maximum absolute atomic E-state index is 12.7. The molecule has 0 radical (unpaired) electrons. The lowest BCUT2D eigenvalue weighted by Gasteiger charge is -2.36. The van der Waals surface area contributed by atoms with Crippen LogP contribution in [0.15, 0.2) is 22.8 Å². The van der Waals surface area contributed by atoms with Gasteiger partial charge >= 0.3 is 0 Å². The first-order valence-electron chi connectivity index (χ1n) is 7.15. The van der Waals surface area contributed by atoms with Crippen LogP contribution in [0.25, 0.3) is 0 Å². The lowest BCUT2D eigenvalue weighted by molar-refractivity contribution is 0.0718. The Kier molecular flexibility index (Phi) is 4.77. The van der Waals surface area contributed by atoms with E-state index in [4.69, 9.17) is 0 Å². The zero-order valence-electron chi connectivity index (χ0n) is 11.9. The van der Waals surface area contributed by atoms with Crippen LogP contribution in [0.1, 0.15) is 50.5 Å². The number of ketones is 1. The molecule has 0 unspecified atom stereocenters. The van der Waals surface area contributed by atoms with Gasteiger partial charge < -0.3 is 0 Å². The Morgan fingerprint density at radius 1 is 1.37 bits per heavy atom. The lowest BCUT2D eigenvalue weighted by atomic mass is 9.68. The SMILES string of the molecule is CC(C)[C@@H]1CC[C@@H](C)C[C@@H]1C(=O)c1cccc(Br)n1. The van der Waals surface area contributed by atoms with Crippen LogP contribution < -0.4 is 0 Å². The Balaban J connectivity index is 2.23. The highest BCUT2D eigenvalue weighted by molar-refractivity contribution is 9.10. The van der Waals surface area contributed by atoms with E-state index in [1.165, 1.54) is 12.8 Å². The Morgan fingerprint density at radius 3 is 2.74 bits per heavy atom. The van der Waals surface area contributed by atoms with Gasteiger partial charge in [0.25, 0.3) is 0 Å². The minimum Gasteiger partial charge on any atom is -0.292 e. The van der Waals surface area contributed by atoms with Gasteiger partial charge in [0.2, 0.25) is 0 Å². The molecule has 2 nitrogen and oxygen atoms in total. The number of carbonyl (C=O) groups is 1. The monoisotopic (exact) mass is 323 g/mol. The second kappa shape index (κ2) is 6.17. The number of Topliss-reactive ketones (excluding diaryl/α,β-unsaturated/α-hetero) is 1. The molecule has 3 atom stereocenters. The second-order valence-electron chi connectivity index (χ2n) is 6.14. The van der Waals surface area contributed by atoms with Crippen LogP contribution in [0.5, 0.6) is 0 Å². The molecule has 0 N–H and O–H groups in total. The second-order valence-corrected chi connectivity index (χ2v) is 6.95.